The number of aliphatic hydroxyl groups excluding tert-OH is 1. The van der Waals surface area contributed by atoms with Gasteiger partial charge < -0.3 is 10.0 Å². The zero-order valence-electron chi connectivity index (χ0n) is 7.10. The highest BCUT2D eigenvalue weighted by Crippen LogP contribution is 2.11. The molecule has 1 amide bonds. The summed E-state index contributed by atoms with van der Waals surface area (Å²) in [4.78, 5) is 13.2. The van der Waals surface area contributed by atoms with E-state index in [0.29, 0.717) is 25.2 Å². The van der Waals surface area contributed by atoms with E-state index in [1.165, 1.54) is 0 Å². The largest absolute Gasteiger partial charge is 0.391 e. The van der Waals surface area contributed by atoms with Crippen molar-refractivity contribution in [2.75, 3.05) is 13.1 Å². The van der Waals surface area contributed by atoms with E-state index in [1.54, 1.807) is 17.2 Å². The van der Waals surface area contributed by atoms with Crippen LogP contribution in [0.25, 0.3) is 0 Å². The first-order chi connectivity index (χ1) is 6.27. The number of rotatable bonds is 1. The molecule has 1 aliphatic heterocycles. The maximum absolute atomic E-state index is 11.6. The molecule has 0 saturated carbocycles. The molecule has 0 unspecified atom stereocenters. The van der Waals surface area contributed by atoms with Crippen molar-refractivity contribution in [2.24, 2.45) is 0 Å². The number of aromatic amines is 1. The zero-order chi connectivity index (χ0) is 9.26. The Kier molecular flexibility index (Phi) is 2.02. The van der Waals surface area contributed by atoms with Crippen molar-refractivity contribution in [1.82, 2.24) is 15.1 Å². The summed E-state index contributed by atoms with van der Waals surface area (Å²) >= 11 is 0. The summed E-state index contributed by atoms with van der Waals surface area (Å²) in [5.74, 6) is -0.0888. The maximum Gasteiger partial charge on any atom is 0.271 e. The van der Waals surface area contributed by atoms with Crippen molar-refractivity contribution >= 4 is 5.91 Å². The van der Waals surface area contributed by atoms with Crippen molar-refractivity contribution in [3.63, 3.8) is 0 Å². The van der Waals surface area contributed by atoms with Crippen LogP contribution in [0, 0.1) is 0 Å². The number of aromatic nitrogens is 2. The third-order valence-electron chi connectivity index (χ3n) is 2.18. The molecule has 0 aromatic carbocycles. The lowest BCUT2D eigenvalue weighted by Crippen LogP contribution is -2.29. The van der Waals surface area contributed by atoms with Gasteiger partial charge >= 0.3 is 0 Å². The number of nitrogens with one attached hydrogen (secondary N) is 1. The Morgan fingerprint density at radius 2 is 2.62 bits per heavy atom. The standard InChI is InChI=1S/C8H11N3O2/c12-6-2-4-11(5-6)8(13)7-1-3-9-10-7/h1,3,6,12H,2,4-5H2,(H,9,10)/t6-/m0/s1. The van der Waals surface area contributed by atoms with Crippen molar-refractivity contribution in [1.29, 1.82) is 0 Å². The average Bonchev–Trinajstić information content (AvgIpc) is 2.72. The monoisotopic (exact) mass is 181 g/mol. The van der Waals surface area contributed by atoms with Crippen LogP contribution in [-0.4, -0.2) is 45.3 Å². The van der Waals surface area contributed by atoms with Crippen molar-refractivity contribution < 1.29 is 9.90 Å². The van der Waals surface area contributed by atoms with Gasteiger partial charge in [-0.2, -0.15) is 5.10 Å². The molecule has 1 saturated heterocycles. The van der Waals surface area contributed by atoms with Crippen LogP contribution in [0.15, 0.2) is 12.3 Å². The number of likely N-dealkylation sites (tertiary alicyclic amines) is 1. The van der Waals surface area contributed by atoms with Gasteiger partial charge in [0.1, 0.15) is 5.69 Å². The third kappa shape index (κ3) is 1.55. The number of β-amino-alcohol motifs (C(OH)–C–C–N with tert-alkyl or cyclic N) is 1. The second kappa shape index (κ2) is 3.18. The second-order valence-electron chi connectivity index (χ2n) is 3.16. The van der Waals surface area contributed by atoms with Gasteiger partial charge in [0.15, 0.2) is 0 Å². The fourth-order valence-corrected chi connectivity index (χ4v) is 1.47. The number of carbonyl (C=O) groups excluding carboxylic acids is 1. The van der Waals surface area contributed by atoms with E-state index in [9.17, 15) is 9.90 Å². The van der Waals surface area contributed by atoms with Crippen molar-refractivity contribution in [3.05, 3.63) is 18.0 Å². The molecule has 0 bridgehead atoms. The van der Waals surface area contributed by atoms with Gasteiger partial charge in [0.25, 0.3) is 5.91 Å². The normalized spacial score (nSPS) is 22.2. The fraction of sp³-hybridized carbons (Fsp3) is 0.500. The van der Waals surface area contributed by atoms with E-state index < -0.39 is 0 Å². The van der Waals surface area contributed by atoms with E-state index >= 15 is 0 Å². The van der Waals surface area contributed by atoms with Gasteiger partial charge in [0, 0.05) is 19.3 Å². The van der Waals surface area contributed by atoms with E-state index in [1.807, 2.05) is 0 Å². The Morgan fingerprint density at radius 3 is 3.15 bits per heavy atom. The molecule has 0 radical (unpaired) electrons. The molecule has 2 heterocycles. The molecule has 2 N–H and O–H groups in total. The van der Waals surface area contributed by atoms with Gasteiger partial charge in [-0.25, -0.2) is 0 Å². The smallest absolute Gasteiger partial charge is 0.271 e. The average molecular weight is 181 g/mol. The van der Waals surface area contributed by atoms with Gasteiger partial charge in [0.2, 0.25) is 0 Å². The highest BCUT2D eigenvalue weighted by molar-refractivity contribution is 5.92. The summed E-state index contributed by atoms with van der Waals surface area (Å²) in [6, 6.07) is 1.63. The summed E-state index contributed by atoms with van der Waals surface area (Å²) in [6.45, 7) is 1.05. The lowest BCUT2D eigenvalue weighted by atomic mass is 10.3. The number of hydrogen-bond donors (Lipinski definition) is 2. The topological polar surface area (TPSA) is 69.2 Å². The Morgan fingerprint density at radius 1 is 1.77 bits per heavy atom. The molecular weight excluding hydrogens is 170 g/mol. The molecule has 2 rings (SSSR count). The second-order valence-corrected chi connectivity index (χ2v) is 3.16. The minimum Gasteiger partial charge on any atom is -0.391 e. The number of hydrogen-bond acceptors (Lipinski definition) is 3. The minimum atomic E-state index is -0.369. The van der Waals surface area contributed by atoms with E-state index in [0.717, 1.165) is 0 Å². The van der Waals surface area contributed by atoms with Gasteiger partial charge in [-0.3, -0.25) is 9.89 Å². The van der Waals surface area contributed by atoms with Crippen LogP contribution in [0.5, 0.6) is 0 Å². The molecule has 1 fully saturated rings. The molecule has 1 aromatic rings. The Balaban J connectivity index is 2.06. The summed E-state index contributed by atoms with van der Waals surface area (Å²) in [5, 5.41) is 15.5. The molecular formula is C8H11N3O2. The number of amides is 1. The first-order valence-electron chi connectivity index (χ1n) is 4.24. The van der Waals surface area contributed by atoms with Crippen molar-refractivity contribution in [3.8, 4) is 0 Å². The predicted molar refractivity (Wildman–Crippen MR) is 45.1 cm³/mol. The SMILES string of the molecule is O=C(c1ccn[nH]1)N1CC[C@H](O)C1. The molecule has 13 heavy (non-hydrogen) atoms. The highest BCUT2D eigenvalue weighted by atomic mass is 16.3. The van der Waals surface area contributed by atoms with Crippen LogP contribution in [-0.2, 0) is 0 Å². The molecule has 1 aromatic heterocycles. The van der Waals surface area contributed by atoms with Gasteiger partial charge in [-0.1, -0.05) is 0 Å². The van der Waals surface area contributed by atoms with Gasteiger partial charge in [-0.05, 0) is 12.5 Å². The Bertz CT molecular complexity index is 296. The summed E-state index contributed by atoms with van der Waals surface area (Å²) in [6.07, 6.45) is 1.84. The van der Waals surface area contributed by atoms with Gasteiger partial charge in [-0.15, -0.1) is 0 Å². The van der Waals surface area contributed by atoms with Crippen LogP contribution in [0.3, 0.4) is 0 Å². The Hall–Kier alpha value is -1.36. The third-order valence-corrected chi connectivity index (χ3v) is 2.18. The van der Waals surface area contributed by atoms with E-state index in [-0.39, 0.29) is 12.0 Å². The summed E-state index contributed by atoms with van der Waals surface area (Å²) in [5.41, 5.74) is 0.481. The lowest BCUT2D eigenvalue weighted by molar-refractivity contribution is 0.0759. The predicted octanol–water partition coefficient (Wildman–Crippen LogP) is -0.383. The van der Waals surface area contributed by atoms with E-state index in [4.69, 9.17) is 0 Å². The minimum absolute atomic E-state index is 0.0888. The van der Waals surface area contributed by atoms with Crippen molar-refractivity contribution in [2.45, 2.75) is 12.5 Å². The number of aliphatic hydroxyl groups is 1. The molecule has 1 aliphatic rings. The summed E-state index contributed by atoms with van der Waals surface area (Å²) < 4.78 is 0. The van der Waals surface area contributed by atoms with Crippen LogP contribution in [0.4, 0.5) is 0 Å². The number of H-pyrrole nitrogens is 1. The van der Waals surface area contributed by atoms with Crippen LogP contribution < -0.4 is 0 Å². The summed E-state index contributed by atoms with van der Waals surface area (Å²) in [7, 11) is 0. The molecule has 0 aliphatic carbocycles. The van der Waals surface area contributed by atoms with E-state index in [2.05, 4.69) is 10.2 Å². The highest BCUT2D eigenvalue weighted by Gasteiger charge is 2.25. The molecule has 1 atom stereocenters. The molecule has 0 spiro atoms. The number of carbonyl (C=O) groups is 1. The van der Waals surface area contributed by atoms with Gasteiger partial charge in [0.05, 0.1) is 6.10 Å². The lowest BCUT2D eigenvalue weighted by Gasteiger charge is -2.13. The van der Waals surface area contributed by atoms with Crippen LogP contribution >= 0.6 is 0 Å². The maximum atomic E-state index is 11.6. The van der Waals surface area contributed by atoms with Crippen LogP contribution in [0.1, 0.15) is 16.9 Å². The molecule has 5 heteroatoms. The van der Waals surface area contributed by atoms with Crippen LogP contribution in [0.2, 0.25) is 0 Å². The molecule has 5 nitrogen and oxygen atoms in total. The quantitative estimate of drug-likeness (QED) is 0.620. The number of nitrogens with zero attached hydrogens (tertiary/aromatic N) is 2. The Labute approximate surface area is 75.4 Å². The first kappa shape index (κ1) is 8.25. The zero-order valence-corrected chi connectivity index (χ0v) is 7.10. The molecule has 70 valence electrons. The first-order valence-corrected chi connectivity index (χ1v) is 4.24. The fourth-order valence-electron chi connectivity index (χ4n) is 1.47.